The highest BCUT2D eigenvalue weighted by molar-refractivity contribution is 5.97. The number of hydrogen-bond donors (Lipinski definition) is 0. The lowest BCUT2D eigenvalue weighted by Gasteiger charge is -2.09. The van der Waals surface area contributed by atoms with Gasteiger partial charge in [-0.1, -0.05) is 26.0 Å². The summed E-state index contributed by atoms with van der Waals surface area (Å²) in [5, 5.41) is 4.58. The van der Waals surface area contributed by atoms with E-state index in [-0.39, 0.29) is 5.78 Å². The summed E-state index contributed by atoms with van der Waals surface area (Å²) in [5.41, 5.74) is 3.80. The minimum Gasteiger partial charge on any atom is -0.294 e. The molecule has 0 unspecified atom stereocenters. The number of aryl methyl sites for hydroxylation is 2. The molecule has 0 amide bonds. The SMILES string of the molecule is CCc1cc(CC)n(-c2ccccc2C(C)=O)n1. The summed E-state index contributed by atoms with van der Waals surface area (Å²) in [4.78, 5) is 11.7. The van der Waals surface area contributed by atoms with Crippen molar-refractivity contribution in [1.82, 2.24) is 9.78 Å². The molecule has 3 nitrogen and oxygen atoms in total. The van der Waals surface area contributed by atoms with Gasteiger partial charge in [0.15, 0.2) is 5.78 Å². The molecule has 2 rings (SSSR count). The van der Waals surface area contributed by atoms with Gasteiger partial charge in [0.2, 0.25) is 0 Å². The fourth-order valence-electron chi connectivity index (χ4n) is 2.06. The van der Waals surface area contributed by atoms with Gasteiger partial charge in [-0.15, -0.1) is 0 Å². The second kappa shape index (κ2) is 5.17. The Morgan fingerprint density at radius 1 is 1.22 bits per heavy atom. The standard InChI is InChI=1S/C15H18N2O/c1-4-12-10-13(5-2)17(16-12)15-9-7-6-8-14(15)11(3)18/h6-10H,4-5H2,1-3H3. The molecule has 0 aliphatic heterocycles. The van der Waals surface area contributed by atoms with Crippen LogP contribution in [0.15, 0.2) is 30.3 Å². The number of benzene rings is 1. The van der Waals surface area contributed by atoms with Gasteiger partial charge in [0, 0.05) is 11.3 Å². The molecule has 0 saturated heterocycles. The third-order valence-electron chi connectivity index (χ3n) is 3.07. The number of nitrogens with zero attached hydrogens (tertiary/aromatic N) is 2. The van der Waals surface area contributed by atoms with Crippen LogP contribution < -0.4 is 0 Å². The van der Waals surface area contributed by atoms with E-state index < -0.39 is 0 Å². The van der Waals surface area contributed by atoms with E-state index in [1.807, 2.05) is 28.9 Å². The molecule has 0 saturated carbocycles. The molecule has 0 aliphatic carbocycles. The number of carbonyl (C=O) groups is 1. The van der Waals surface area contributed by atoms with E-state index in [1.165, 1.54) is 0 Å². The lowest BCUT2D eigenvalue weighted by atomic mass is 10.1. The predicted molar refractivity (Wildman–Crippen MR) is 72.3 cm³/mol. The zero-order valence-corrected chi connectivity index (χ0v) is 11.1. The van der Waals surface area contributed by atoms with Crippen LogP contribution in [0.1, 0.15) is 42.5 Å². The summed E-state index contributed by atoms with van der Waals surface area (Å²) < 4.78 is 1.90. The Morgan fingerprint density at radius 2 is 1.94 bits per heavy atom. The zero-order chi connectivity index (χ0) is 13.1. The van der Waals surface area contributed by atoms with Crippen molar-refractivity contribution in [2.45, 2.75) is 33.6 Å². The van der Waals surface area contributed by atoms with E-state index in [0.717, 1.165) is 35.5 Å². The van der Waals surface area contributed by atoms with Crippen LogP contribution in [-0.4, -0.2) is 15.6 Å². The van der Waals surface area contributed by atoms with Crippen LogP contribution in [0.25, 0.3) is 5.69 Å². The van der Waals surface area contributed by atoms with E-state index in [1.54, 1.807) is 6.92 Å². The maximum Gasteiger partial charge on any atom is 0.161 e. The molecule has 1 aromatic heterocycles. The Balaban J connectivity index is 2.61. The first kappa shape index (κ1) is 12.6. The van der Waals surface area contributed by atoms with Crippen molar-refractivity contribution in [3.05, 3.63) is 47.3 Å². The van der Waals surface area contributed by atoms with Crippen LogP contribution in [0.4, 0.5) is 0 Å². The Kier molecular flexibility index (Phi) is 3.60. The lowest BCUT2D eigenvalue weighted by molar-refractivity contribution is 0.101. The highest BCUT2D eigenvalue weighted by Crippen LogP contribution is 2.18. The third-order valence-corrected chi connectivity index (χ3v) is 3.07. The topological polar surface area (TPSA) is 34.9 Å². The molecule has 1 aromatic carbocycles. The molecule has 3 heteroatoms. The molecule has 0 atom stereocenters. The lowest BCUT2D eigenvalue weighted by Crippen LogP contribution is -2.07. The zero-order valence-electron chi connectivity index (χ0n) is 11.1. The molecule has 0 aliphatic rings. The molecular weight excluding hydrogens is 224 g/mol. The van der Waals surface area contributed by atoms with Gasteiger partial charge in [0.1, 0.15) is 0 Å². The van der Waals surface area contributed by atoms with Gasteiger partial charge in [-0.2, -0.15) is 5.10 Å². The molecule has 0 N–H and O–H groups in total. The summed E-state index contributed by atoms with van der Waals surface area (Å²) in [5.74, 6) is 0.0706. The number of rotatable bonds is 4. The number of carbonyl (C=O) groups excluding carboxylic acids is 1. The van der Waals surface area contributed by atoms with E-state index >= 15 is 0 Å². The number of Topliss-reactive ketones (excluding diaryl/α,β-unsaturated/α-hetero) is 1. The van der Waals surface area contributed by atoms with E-state index in [0.29, 0.717) is 0 Å². The van der Waals surface area contributed by atoms with Gasteiger partial charge in [0.25, 0.3) is 0 Å². The highest BCUT2D eigenvalue weighted by Gasteiger charge is 2.12. The monoisotopic (exact) mass is 242 g/mol. The van der Waals surface area contributed by atoms with E-state index in [4.69, 9.17) is 0 Å². The van der Waals surface area contributed by atoms with Crippen molar-refractivity contribution in [1.29, 1.82) is 0 Å². The van der Waals surface area contributed by atoms with Crippen LogP contribution in [0.3, 0.4) is 0 Å². The Labute approximate surface area is 107 Å². The maximum absolute atomic E-state index is 11.7. The van der Waals surface area contributed by atoms with Crippen molar-refractivity contribution < 1.29 is 4.79 Å². The van der Waals surface area contributed by atoms with Crippen LogP contribution in [0.5, 0.6) is 0 Å². The quantitative estimate of drug-likeness (QED) is 0.772. The van der Waals surface area contributed by atoms with Gasteiger partial charge in [-0.25, -0.2) is 4.68 Å². The largest absolute Gasteiger partial charge is 0.294 e. The molecule has 18 heavy (non-hydrogen) atoms. The van der Waals surface area contributed by atoms with Crippen LogP contribution in [0.2, 0.25) is 0 Å². The fraction of sp³-hybridized carbons (Fsp3) is 0.333. The highest BCUT2D eigenvalue weighted by atomic mass is 16.1. The third kappa shape index (κ3) is 2.21. The average Bonchev–Trinajstić information content (AvgIpc) is 2.81. The maximum atomic E-state index is 11.7. The number of para-hydroxylation sites is 1. The Hall–Kier alpha value is -1.90. The minimum atomic E-state index is 0.0706. The molecule has 0 radical (unpaired) electrons. The summed E-state index contributed by atoms with van der Waals surface area (Å²) >= 11 is 0. The van der Waals surface area contributed by atoms with Crippen molar-refractivity contribution in [2.24, 2.45) is 0 Å². The number of aromatic nitrogens is 2. The van der Waals surface area contributed by atoms with E-state index in [9.17, 15) is 4.79 Å². The minimum absolute atomic E-state index is 0.0706. The summed E-state index contributed by atoms with van der Waals surface area (Å²) in [6, 6.07) is 9.73. The molecular formula is C15H18N2O. The van der Waals surface area contributed by atoms with Crippen molar-refractivity contribution in [2.75, 3.05) is 0 Å². The van der Waals surface area contributed by atoms with Gasteiger partial charge in [-0.3, -0.25) is 4.79 Å². The normalized spacial score (nSPS) is 10.6. The van der Waals surface area contributed by atoms with Gasteiger partial charge in [-0.05, 0) is 38.0 Å². The second-order valence-corrected chi connectivity index (χ2v) is 4.32. The van der Waals surface area contributed by atoms with Gasteiger partial charge in [0.05, 0.1) is 11.4 Å². The van der Waals surface area contributed by atoms with Crippen molar-refractivity contribution in [3.63, 3.8) is 0 Å². The summed E-state index contributed by atoms with van der Waals surface area (Å²) in [6.07, 6.45) is 1.81. The molecule has 0 spiro atoms. The number of ketones is 1. The smallest absolute Gasteiger partial charge is 0.161 e. The number of hydrogen-bond acceptors (Lipinski definition) is 2. The van der Waals surface area contributed by atoms with Gasteiger partial charge < -0.3 is 0 Å². The molecule has 2 aromatic rings. The average molecular weight is 242 g/mol. The first-order valence-corrected chi connectivity index (χ1v) is 6.35. The molecule has 1 heterocycles. The second-order valence-electron chi connectivity index (χ2n) is 4.32. The summed E-state index contributed by atoms with van der Waals surface area (Å²) in [7, 11) is 0. The van der Waals surface area contributed by atoms with Crippen LogP contribution in [0, 0.1) is 0 Å². The first-order valence-electron chi connectivity index (χ1n) is 6.35. The molecule has 0 bridgehead atoms. The van der Waals surface area contributed by atoms with Crippen molar-refractivity contribution in [3.8, 4) is 5.69 Å². The molecule has 0 fully saturated rings. The van der Waals surface area contributed by atoms with Crippen molar-refractivity contribution >= 4 is 5.78 Å². The first-order chi connectivity index (χ1) is 8.67. The molecule has 94 valence electrons. The van der Waals surface area contributed by atoms with Crippen LogP contribution in [-0.2, 0) is 12.8 Å². The fourth-order valence-corrected chi connectivity index (χ4v) is 2.06. The summed E-state index contributed by atoms with van der Waals surface area (Å²) in [6.45, 7) is 5.78. The van der Waals surface area contributed by atoms with Gasteiger partial charge >= 0.3 is 0 Å². The predicted octanol–water partition coefficient (Wildman–Crippen LogP) is 3.20. The Morgan fingerprint density at radius 3 is 2.56 bits per heavy atom. The Bertz CT molecular complexity index is 570. The van der Waals surface area contributed by atoms with E-state index in [2.05, 4.69) is 25.0 Å². The van der Waals surface area contributed by atoms with Crippen LogP contribution >= 0.6 is 0 Å².